The van der Waals surface area contributed by atoms with Crippen LogP contribution in [0.3, 0.4) is 0 Å². The first-order valence-corrected chi connectivity index (χ1v) is 6.77. The first kappa shape index (κ1) is 17.5. The molecule has 0 aliphatic heterocycles. The molecule has 0 spiro atoms. The Morgan fingerprint density at radius 1 is 1.30 bits per heavy atom. The van der Waals surface area contributed by atoms with E-state index in [2.05, 4.69) is 9.97 Å². The molecule has 9 heteroatoms. The fourth-order valence-electron chi connectivity index (χ4n) is 2.01. The number of nitrogens with zero attached hydrogens (tertiary/aromatic N) is 2. The lowest BCUT2D eigenvalue weighted by Gasteiger charge is -2.29. The number of aromatic nitrogens is 2. The van der Waals surface area contributed by atoms with Crippen LogP contribution in [-0.2, 0) is 5.60 Å². The van der Waals surface area contributed by atoms with Crippen molar-refractivity contribution in [2.75, 3.05) is 12.3 Å². The van der Waals surface area contributed by atoms with Crippen LogP contribution in [0.15, 0.2) is 24.4 Å². The largest absolute Gasteiger partial charge is 0.423 e. The number of aryl methyl sites for hydroxylation is 1. The van der Waals surface area contributed by atoms with Gasteiger partial charge in [0.2, 0.25) is 5.60 Å². The Hall–Kier alpha value is -1.90. The number of aliphatic hydroxyl groups excluding tert-OH is 1. The highest BCUT2D eigenvalue weighted by atomic mass is 35.5. The minimum Gasteiger partial charge on any atom is -0.393 e. The molecule has 2 aromatic rings. The van der Waals surface area contributed by atoms with Gasteiger partial charge in [0.15, 0.2) is 11.0 Å². The van der Waals surface area contributed by atoms with Gasteiger partial charge in [-0.3, -0.25) is 0 Å². The van der Waals surface area contributed by atoms with Crippen molar-refractivity contribution in [3.05, 3.63) is 40.7 Å². The van der Waals surface area contributed by atoms with E-state index in [9.17, 15) is 18.3 Å². The van der Waals surface area contributed by atoms with Crippen molar-refractivity contribution in [1.29, 1.82) is 0 Å². The zero-order chi connectivity index (χ0) is 17.4. The number of nitrogen functional groups attached to an aromatic ring is 1. The second kappa shape index (κ2) is 5.95. The number of nitrogens with two attached hydrogens (primary N) is 1. The smallest absolute Gasteiger partial charge is 0.393 e. The molecular formula is C14H13ClF3N3O2. The van der Waals surface area contributed by atoms with Gasteiger partial charge in [-0.05, 0) is 24.1 Å². The average Bonchev–Trinajstić information content (AvgIpc) is 2.48. The Morgan fingerprint density at radius 3 is 2.48 bits per heavy atom. The van der Waals surface area contributed by atoms with Crippen molar-refractivity contribution >= 4 is 17.4 Å². The molecule has 0 saturated heterocycles. The molecule has 0 radical (unpaired) electrons. The van der Waals surface area contributed by atoms with Crippen LogP contribution in [0, 0.1) is 6.92 Å². The Kier molecular flexibility index (Phi) is 4.52. The molecule has 0 aliphatic rings. The van der Waals surface area contributed by atoms with Gasteiger partial charge >= 0.3 is 6.18 Å². The van der Waals surface area contributed by atoms with E-state index in [1.54, 1.807) is 6.92 Å². The van der Waals surface area contributed by atoms with Gasteiger partial charge in [-0.1, -0.05) is 23.7 Å². The molecule has 2 rings (SSSR count). The second-order valence-electron chi connectivity index (χ2n) is 4.98. The van der Waals surface area contributed by atoms with Crippen LogP contribution in [0.1, 0.15) is 11.1 Å². The third kappa shape index (κ3) is 3.10. The number of hydrogen-bond acceptors (Lipinski definition) is 5. The summed E-state index contributed by atoms with van der Waals surface area (Å²) in [4.78, 5) is 7.77. The van der Waals surface area contributed by atoms with Crippen molar-refractivity contribution in [3.63, 3.8) is 0 Å². The maximum atomic E-state index is 13.1. The number of alkyl halides is 3. The number of benzene rings is 1. The molecule has 5 nitrogen and oxygen atoms in total. The van der Waals surface area contributed by atoms with Crippen molar-refractivity contribution in [3.8, 4) is 11.3 Å². The highest BCUT2D eigenvalue weighted by molar-refractivity contribution is 6.31. The number of halogens is 4. The lowest BCUT2D eigenvalue weighted by Crippen LogP contribution is -2.45. The van der Waals surface area contributed by atoms with Crippen LogP contribution in [0.4, 0.5) is 19.0 Å². The molecule has 0 bridgehead atoms. The van der Waals surface area contributed by atoms with Crippen molar-refractivity contribution < 1.29 is 23.4 Å². The van der Waals surface area contributed by atoms with Crippen LogP contribution in [0.2, 0.25) is 5.15 Å². The van der Waals surface area contributed by atoms with Crippen LogP contribution in [0.5, 0.6) is 0 Å². The second-order valence-corrected chi connectivity index (χ2v) is 5.34. The van der Waals surface area contributed by atoms with E-state index in [-0.39, 0.29) is 22.2 Å². The maximum absolute atomic E-state index is 13.1. The summed E-state index contributed by atoms with van der Waals surface area (Å²) in [5, 5.41) is 18.8. The predicted molar refractivity (Wildman–Crippen MR) is 78.7 cm³/mol. The highest BCUT2D eigenvalue weighted by Gasteiger charge is 2.54. The molecular weight excluding hydrogens is 335 g/mol. The molecule has 124 valence electrons. The Bertz CT molecular complexity index is 740. The maximum Gasteiger partial charge on any atom is 0.423 e. The first-order chi connectivity index (χ1) is 10.6. The van der Waals surface area contributed by atoms with Gasteiger partial charge in [-0.15, -0.1) is 0 Å². The molecule has 1 aromatic carbocycles. The first-order valence-electron chi connectivity index (χ1n) is 6.39. The minimum atomic E-state index is -5.04. The zero-order valence-corrected chi connectivity index (χ0v) is 12.7. The van der Waals surface area contributed by atoms with Gasteiger partial charge < -0.3 is 15.9 Å². The quantitative estimate of drug-likeness (QED) is 0.793. The van der Waals surface area contributed by atoms with Gasteiger partial charge in [-0.25, -0.2) is 9.97 Å². The van der Waals surface area contributed by atoms with Crippen LogP contribution in [-0.4, -0.2) is 33.0 Å². The van der Waals surface area contributed by atoms with E-state index in [0.29, 0.717) is 5.56 Å². The third-order valence-corrected chi connectivity index (χ3v) is 3.72. The fraction of sp³-hybridized carbons (Fsp3) is 0.286. The highest BCUT2D eigenvalue weighted by Crippen LogP contribution is 2.40. The van der Waals surface area contributed by atoms with Crippen LogP contribution >= 0.6 is 11.6 Å². The van der Waals surface area contributed by atoms with E-state index in [4.69, 9.17) is 22.4 Å². The molecule has 1 atom stereocenters. The van der Waals surface area contributed by atoms with Crippen LogP contribution < -0.4 is 5.73 Å². The summed E-state index contributed by atoms with van der Waals surface area (Å²) in [5.41, 5.74) is 2.64. The van der Waals surface area contributed by atoms with Crippen molar-refractivity contribution in [1.82, 2.24) is 9.97 Å². The van der Waals surface area contributed by atoms with Gasteiger partial charge in [0.05, 0.1) is 18.5 Å². The number of aliphatic hydroxyl groups is 2. The molecule has 1 heterocycles. The van der Waals surface area contributed by atoms with E-state index >= 15 is 0 Å². The number of rotatable bonds is 3. The lowest BCUT2D eigenvalue weighted by molar-refractivity contribution is -0.277. The summed E-state index contributed by atoms with van der Waals surface area (Å²) < 4.78 is 39.2. The zero-order valence-electron chi connectivity index (χ0n) is 11.9. The predicted octanol–water partition coefficient (Wildman–Crippen LogP) is 2.43. The SMILES string of the molecule is Cc1ccc(C(O)(CO)C(F)(F)F)cc1-c1cnc(N)c(Cl)n1. The van der Waals surface area contributed by atoms with E-state index < -0.39 is 23.9 Å². The Balaban J connectivity index is 2.62. The van der Waals surface area contributed by atoms with E-state index in [1.807, 2.05) is 0 Å². The standard InChI is InChI=1S/C14H13ClF3N3O2/c1-7-2-3-8(13(23,6-22)14(16,17)18)4-9(7)10-5-20-12(19)11(15)21-10/h2-5,22-23H,6H2,1H3,(H2,19,20). The normalized spacial score (nSPS) is 14.6. The van der Waals surface area contributed by atoms with Gasteiger partial charge in [0.25, 0.3) is 0 Å². The van der Waals surface area contributed by atoms with Crippen molar-refractivity contribution in [2.45, 2.75) is 18.7 Å². The molecule has 0 amide bonds. The molecule has 1 aromatic heterocycles. The minimum absolute atomic E-state index is 0.00798. The summed E-state index contributed by atoms with van der Waals surface area (Å²) in [7, 11) is 0. The molecule has 23 heavy (non-hydrogen) atoms. The van der Waals surface area contributed by atoms with E-state index in [0.717, 1.165) is 12.1 Å². The average molecular weight is 348 g/mol. The lowest BCUT2D eigenvalue weighted by atomic mass is 9.90. The van der Waals surface area contributed by atoms with E-state index in [1.165, 1.54) is 12.3 Å². The molecule has 0 aliphatic carbocycles. The Morgan fingerprint density at radius 2 is 1.96 bits per heavy atom. The topological polar surface area (TPSA) is 92.3 Å². The van der Waals surface area contributed by atoms with Gasteiger partial charge in [-0.2, -0.15) is 13.2 Å². The van der Waals surface area contributed by atoms with Gasteiger partial charge in [0.1, 0.15) is 0 Å². The summed E-state index contributed by atoms with van der Waals surface area (Å²) >= 11 is 5.78. The number of anilines is 1. The Labute approximate surface area is 134 Å². The molecule has 1 unspecified atom stereocenters. The number of hydrogen-bond donors (Lipinski definition) is 3. The summed E-state index contributed by atoms with van der Waals surface area (Å²) in [6, 6.07) is 3.56. The molecule has 4 N–H and O–H groups in total. The van der Waals surface area contributed by atoms with Gasteiger partial charge in [0, 0.05) is 5.56 Å². The fourth-order valence-corrected chi connectivity index (χ4v) is 2.15. The molecule has 0 saturated carbocycles. The monoisotopic (exact) mass is 347 g/mol. The van der Waals surface area contributed by atoms with Crippen molar-refractivity contribution in [2.24, 2.45) is 0 Å². The summed E-state index contributed by atoms with van der Waals surface area (Å²) in [6.07, 6.45) is -3.78. The van der Waals surface area contributed by atoms with Crippen LogP contribution in [0.25, 0.3) is 11.3 Å². The summed E-state index contributed by atoms with van der Waals surface area (Å²) in [5.74, 6) is -0.00798. The molecule has 0 fully saturated rings. The third-order valence-electron chi connectivity index (χ3n) is 3.44. The summed E-state index contributed by atoms with van der Waals surface area (Å²) in [6.45, 7) is 0.143.